The number of hydrogen-bond donors (Lipinski definition) is 1. The lowest BCUT2D eigenvalue weighted by Gasteiger charge is -2.25. The van der Waals surface area contributed by atoms with Gasteiger partial charge < -0.3 is 5.32 Å². The molecular weight excluding hydrogens is 263 g/mol. The maximum absolute atomic E-state index is 13.2. The normalized spacial score (nSPS) is 14.0. The van der Waals surface area contributed by atoms with Crippen LogP contribution in [0, 0.1) is 12.7 Å². The number of rotatable bonds is 2. The lowest BCUT2D eigenvalue weighted by atomic mass is 9.88. The summed E-state index contributed by atoms with van der Waals surface area (Å²) in [5.74, 6) is 1.19. The summed E-state index contributed by atoms with van der Waals surface area (Å²) >= 11 is 0. The van der Waals surface area contributed by atoms with Gasteiger partial charge in [0, 0.05) is 17.8 Å². The van der Waals surface area contributed by atoms with Crippen molar-refractivity contribution in [2.75, 3.05) is 11.9 Å². The first-order valence-electron chi connectivity index (χ1n) is 7.61. The molecule has 0 unspecified atom stereocenters. The average Bonchev–Trinajstić information content (AvgIpc) is 2.48. The Hall–Kier alpha value is -1.90. The Bertz CT molecular complexity index is 660. The predicted molar refractivity (Wildman–Crippen MR) is 85.3 cm³/mol. The topological polar surface area (TPSA) is 24.9 Å². The van der Waals surface area contributed by atoms with Gasteiger partial charge >= 0.3 is 0 Å². The fourth-order valence-corrected chi connectivity index (χ4v) is 3.18. The van der Waals surface area contributed by atoms with Crippen LogP contribution >= 0.6 is 0 Å². The van der Waals surface area contributed by atoms with Gasteiger partial charge in [0.25, 0.3) is 0 Å². The van der Waals surface area contributed by atoms with Crippen molar-refractivity contribution >= 4 is 5.82 Å². The summed E-state index contributed by atoms with van der Waals surface area (Å²) in [6.07, 6.45) is 2.14. The van der Waals surface area contributed by atoms with Gasteiger partial charge in [-0.25, -0.2) is 9.37 Å². The Morgan fingerprint density at radius 2 is 1.90 bits per heavy atom. The fourth-order valence-electron chi connectivity index (χ4n) is 3.18. The van der Waals surface area contributed by atoms with E-state index in [9.17, 15) is 4.39 Å². The van der Waals surface area contributed by atoms with Crippen LogP contribution in [0.15, 0.2) is 24.3 Å². The largest absolute Gasteiger partial charge is 0.370 e. The quantitative estimate of drug-likeness (QED) is 0.866. The molecule has 1 aliphatic heterocycles. The monoisotopic (exact) mass is 284 g/mol. The van der Waals surface area contributed by atoms with Gasteiger partial charge in [0.05, 0.1) is 0 Å². The molecule has 1 aliphatic rings. The minimum Gasteiger partial charge on any atom is -0.370 e. The van der Waals surface area contributed by atoms with E-state index in [0.717, 1.165) is 36.5 Å². The van der Waals surface area contributed by atoms with Crippen LogP contribution in [-0.2, 0) is 6.42 Å². The smallest absolute Gasteiger partial charge is 0.130 e. The molecule has 2 nitrogen and oxygen atoms in total. The predicted octanol–water partition coefficient (Wildman–Crippen LogP) is 4.68. The van der Waals surface area contributed by atoms with E-state index in [0.29, 0.717) is 5.92 Å². The zero-order chi connectivity index (χ0) is 15.0. The number of halogens is 1. The molecule has 0 spiro atoms. The van der Waals surface area contributed by atoms with Gasteiger partial charge in [0.15, 0.2) is 0 Å². The number of hydrogen-bond acceptors (Lipinski definition) is 2. The van der Waals surface area contributed by atoms with Crippen molar-refractivity contribution in [1.82, 2.24) is 4.98 Å². The Morgan fingerprint density at radius 1 is 1.19 bits per heavy atom. The van der Waals surface area contributed by atoms with Crippen LogP contribution < -0.4 is 5.32 Å². The Balaban J connectivity index is 2.25. The molecule has 0 fully saturated rings. The molecule has 0 saturated carbocycles. The van der Waals surface area contributed by atoms with E-state index in [1.807, 2.05) is 12.1 Å². The number of nitrogens with zero attached hydrogens (tertiary/aromatic N) is 1. The van der Waals surface area contributed by atoms with Crippen LogP contribution in [0.5, 0.6) is 0 Å². The summed E-state index contributed by atoms with van der Waals surface area (Å²) in [6, 6.07) is 6.81. The second kappa shape index (κ2) is 5.47. The molecule has 3 heteroatoms. The van der Waals surface area contributed by atoms with Gasteiger partial charge in [-0.2, -0.15) is 0 Å². The lowest BCUT2D eigenvalue weighted by molar-refractivity contribution is 0.628. The third kappa shape index (κ3) is 2.53. The van der Waals surface area contributed by atoms with Crippen molar-refractivity contribution in [2.45, 2.75) is 39.5 Å². The number of nitrogens with one attached hydrogen (secondary N) is 1. The minimum atomic E-state index is -0.193. The van der Waals surface area contributed by atoms with Crippen molar-refractivity contribution in [1.29, 1.82) is 0 Å². The molecule has 0 saturated heterocycles. The highest BCUT2D eigenvalue weighted by Crippen LogP contribution is 2.37. The summed E-state index contributed by atoms with van der Waals surface area (Å²) in [4.78, 5) is 4.83. The standard InChI is InChI=1S/C18H21FN2/c1-11(2)17-12(3)16(13-6-8-14(19)9-7-13)15-5-4-10-20-18(15)21-17/h6-9,11H,4-5,10H2,1-3H3,(H,20,21). The summed E-state index contributed by atoms with van der Waals surface area (Å²) < 4.78 is 13.2. The van der Waals surface area contributed by atoms with E-state index in [1.165, 1.54) is 28.8 Å². The molecular formula is C18H21FN2. The van der Waals surface area contributed by atoms with E-state index >= 15 is 0 Å². The molecule has 110 valence electrons. The van der Waals surface area contributed by atoms with Crippen LogP contribution in [0.2, 0.25) is 0 Å². The maximum atomic E-state index is 13.2. The molecule has 2 aromatic rings. The van der Waals surface area contributed by atoms with Gasteiger partial charge in [-0.3, -0.25) is 0 Å². The molecule has 0 aliphatic carbocycles. The Morgan fingerprint density at radius 3 is 2.57 bits per heavy atom. The molecule has 0 atom stereocenters. The first-order chi connectivity index (χ1) is 10.1. The van der Waals surface area contributed by atoms with E-state index in [4.69, 9.17) is 4.98 Å². The number of benzene rings is 1. The second-order valence-electron chi connectivity index (χ2n) is 6.02. The number of aromatic nitrogens is 1. The molecule has 0 amide bonds. The van der Waals surface area contributed by atoms with Crippen molar-refractivity contribution in [3.8, 4) is 11.1 Å². The second-order valence-corrected chi connectivity index (χ2v) is 6.02. The van der Waals surface area contributed by atoms with Gasteiger partial charge in [0.2, 0.25) is 0 Å². The van der Waals surface area contributed by atoms with Crippen molar-refractivity contribution in [3.63, 3.8) is 0 Å². The first-order valence-corrected chi connectivity index (χ1v) is 7.61. The molecule has 21 heavy (non-hydrogen) atoms. The van der Waals surface area contributed by atoms with Crippen LogP contribution in [0.3, 0.4) is 0 Å². The Labute approximate surface area is 125 Å². The van der Waals surface area contributed by atoms with Crippen LogP contribution in [0.4, 0.5) is 10.2 Å². The number of pyridine rings is 1. The van der Waals surface area contributed by atoms with E-state index in [-0.39, 0.29) is 5.82 Å². The fraction of sp³-hybridized carbons (Fsp3) is 0.389. The van der Waals surface area contributed by atoms with Crippen LogP contribution in [0.1, 0.15) is 43.0 Å². The van der Waals surface area contributed by atoms with E-state index < -0.39 is 0 Å². The highest BCUT2D eigenvalue weighted by atomic mass is 19.1. The average molecular weight is 284 g/mol. The Kier molecular flexibility index (Phi) is 3.66. The zero-order valence-corrected chi connectivity index (χ0v) is 12.8. The zero-order valence-electron chi connectivity index (χ0n) is 12.8. The molecule has 0 bridgehead atoms. The molecule has 1 N–H and O–H groups in total. The number of fused-ring (bicyclic) bond motifs is 1. The minimum absolute atomic E-state index is 0.193. The third-order valence-electron chi connectivity index (χ3n) is 4.15. The highest BCUT2D eigenvalue weighted by Gasteiger charge is 2.21. The van der Waals surface area contributed by atoms with E-state index in [1.54, 1.807) is 0 Å². The molecule has 1 aromatic carbocycles. The van der Waals surface area contributed by atoms with Crippen molar-refractivity contribution in [2.24, 2.45) is 0 Å². The van der Waals surface area contributed by atoms with Crippen molar-refractivity contribution < 1.29 is 4.39 Å². The van der Waals surface area contributed by atoms with Crippen LogP contribution in [0.25, 0.3) is 11.1 Å². The van der Waals surface area contributed by atoms with Gasteiger partial charge in [-0.1, -0.05) is 26.0 Å². The van der Waals surface area contributed by atoms with Gasteiger partial charge in [0.1, 0.15) is 11.6 Å². The molecule has 1 aromatic heterocycles. The summed E-state index contributed by atoms with van der Waals surface area (Å²) in [5, 5.41) is 3.42. The lowest BCUT2D eigenvalue weighted by Crippen LogP contribution is -2.17. The molecule has 3 rings (SSSR count). The van der Waals surface area contributed by atoms with Crippen LogP contribution in [-0.4, -0.2) is 11.5 Å². The summed E-state index contributed by atoms with van der Waals surface area (Å²) in [7, 11) is 0. The first kappa shape index (κ1) is 14.1. The van der Waals surface area contributed by atoms with Crippen molar-refractivity contribution in [3.05, 3.63) is 46.9 Å². The summed E-state index contributed by atoms with van der Waals surface area (Å²) in [6.45, 7) is 7.44. The maximum Gasteiger partial charge on any atom is 0.130 e. The number of anilines is 1. The van der Waals surface area contributed by atoms with Gasteiger partial charge in [-0.05, 0) is 54.5 Å². The SMILES string of the molecule is Cc1c(C(C)C)nc2c(c1-c1ccc(F)cc1)CCCN2. The van der Waals surface area contributed by atoms with E-state index in [2.05, 4.69) is 26.1 Å². The molecule has 0 radical (unpaired) electrons. The highest BCUT2D eigenvalue weighted by molar-refractivity contribution is 5.77. The molecule has 2 heterocycles. The third-order valence-corrected chi connectivity index (χ3v) is 4.15. The summed E-state index contributed by atoms with van der Waals surface area (Å²) in [5.41, 5.74) is 5.94. The van der Waals surface area contributed by atoms with Gasteiger partial charge in [-0.15, -0.1) is 0 Å².